The van der Waals surface area contributed by atoms with Gasteiger partial charge in [0.05, 0.1) is 6.04 Å². The number of hydrogen-bond donors (Lipinski definition) is 0. The summed E-state index contributed by atoms with van der Waals surface area (Å²) in [6, 6.07) is 15.8. The van der Waals surface area contributed by atoms with E-state index in [2.05, 4.69) is 28.6 Å². The molecule has 0 aliphatic carbocycles. The molecule has 1 aliphatic heterocycles. The second-order valence-electron chi connectivity index (χ2n) is 7.16. The Bertz CT molecular complexity index is 891. The van der Waals surface area contributed by atoms with Gasteiger partial charge in [-0.1, -0.05) is 64.5 Å². The molecule has 2 unspecified atom stereocenters. The van der Waals surface area contributed by atoms with E-state index >= 15 is 0 Å². The molecular weight excluding hydrogens is 402 g/mol. The minimum atomic E-state index is -0.810. The first-order chi connectivity index (χ1) is 12.8. The van der Waals surface area contributed by atoms with E-state index in [1.54, 1.807) is 4.90 Å². The van der Waals surface area contributed by atoms with Gasteiger partial charge in [-0.3, -0.25) is 4.90 Å². The number of benzene rings is 2. The third-order valence-corrected chi connectivity index (χ3v) is 5.40. The van der Waals surface area contributed by atoms with Gasteiger partial charge in [-0.05, 0) is 55.7 Å². The standard InChI is InChI=1S/C23H24BrNO2/c1-16(2)15-23(19-8-6-5-7-9-19)12-13-25(22(26)27-23)18(4)21-11-10-20(24)14-17(21)3/h5-14,18H,1,15H2,2-4H3. The highest BCUT2D eigenvalue weighted by atomic mass is 79.9. The molecule has 1 aliphatic rings. The summed E-state index contributed by atoms with van der Waals surface area (Å²) >= 11 is 3.49. The number of hydrogen-bond acceptors (Lipinski definition) is 2. The fourth-order valence-corrected chi connectivity index (χ4v) is 4.05. The summed E-state index contributed by atoms with van der Waals surface area (Å²) in [7, 11) is 0. The molecule has 1 heterocycles. The minimum Gasteiger partial charge on any atom is -0.433 e. The van der Waals surface area contributed by atoms with Crippen LogP contribution in [0.3, 0.4) is 0 Å². The number of nitrogens with zero attached hydrogens (tertiary/aromatic N) is 1. The summed E-state index contributed by atoms with van der Waals surface area (Å²) in [6.45, 7) is 10.0. The summed E-state index contributed by atoms with van der Waals surface area (Å²) in [5.41, 5.74) is 3.31. The van der Waals surface area contributed by atoms with Gasteiger partial charge in [0.1, 0.15) is 0 Å². The van der Waals surface area contributed by atoms with Crippen molar-refractivity contribution in [3.05, 3.63) is 94.1 Å². The lowest BCUT2D eigenvalue weighted by Gasteiger charge is -2.39. The number of ether oxygens (including phenoxy) is 1. The van der Waals surface area contributed by atoms with Crippen LogP contribution in [0.15, 0.2) is 77.4 Å². The third-order valence-electron chi connectivity index (χ3n) is 4.91. The van der Waals surface area contributed by atoms with E-state index in [4.69, 9.17) is 4.74 Å². The van der Waals surface area contributed by atoms with Gasteiger partial charge in [0.2, 0.25) is 0 Å². The van der Waals surface area contributed by atoms with Crippen LogP contribution in [0.5, 0.6) is 0 Å². The predicted molar refractivity (Wildman–Crippen MR) is 112 cm³/mol. The third kappa shape index (κ3) is 4.01. The highest BCUT2D eigenvalue weighted by Crippen LogP contribution is 2.39. The van der Waals surface area contributed by atoms with E-state index in [0.29, 0.717) is 6.42 Å². The lowest BCUT2D eigenvalue weighted by atomic mass is 9.86. The lowest BCUT2D eigenvalue weighted by Crippen LogP contribution is -2.42. The molecular formula is C23H24BrNO2. The second kappa shape index (κ2) is 7.73. The zero-order valence-electron chi connectivity index (χ0n) is 15.9. The Morgan fingerprint density at radius 1 is 1.26 bits per heavy atom. The SMILES string of the molecule is C=C(C)CC1(c2ccccc2)C=CN(C(C)c2ccc(Br)cc2C)C(=O)O1. The molecule has 2 aromatic carbocycles. The molecule has 1 amide bonds. The Kier molecular flexibility index (Phi) is 5.56. The van der Waals surface area contributed by atoms with Crippen molar-refractivity contribution >= 4 is 22.0 Å². The van der Waals surface area contributed by atoms with Gasteiger partial charge in [0, 0.05) is 17.1 Å². The largest absolute Gasteiger partial charge is 0.433 e. The van der Waals surface area contributed by atoms with E-state index in [1.807, 2.05) is 75.5 Å². The van der Waals surface area contributed by atoms with Crippen molar-refractivity contribution in [2.45, 2.75) is 38.8 Å². The average Bonchev–Trinajstić information content (AvgIpc) is 2.61. The quantitative estimate of drug-likeness (QED) is 0.501. The summed E-state index contributed by atoms with van der Waals surface area (Å²) in [5.74, 6) is 0. The van der Waals surface area contributed by atoms with Gasteiger partial charge >= 0.3 is 6.09 Å². The van der Waals surface area contributed by atoms with Gasteiger partial charge < -0.3 is 4.74 Å². The maximum atomic E-state index is 13.0. The molecule has 2 atom stereocenters. The zero-order chi connectivity index (χ0) is 19.6. The molecule has 4 heteroatoms. The fraction of sp³-hybridized carbons (Fsp3) is 0.261. The minimum absolute atomic E-state index is 0.125. The maximum Gasteiger partial charge on any atom is 0.415 e. The lowest BCUT2D eigenvalue weighted by molar-refractivity contribution is 0.00790. The Morgan fingerprint density at radius 3 is 2.56 bits per heavy atom. The normalized spacial score (nSPS) is 20.3. The Balaban J connectivity index is 1.96. The van der Waals surface area contributed by atoms with E-state index in [0.717, 1.165) is 26.7 Å². The first-order valence-corrected chi connectivity index (χ1v) is 9.78. The van der Waals surface area contributed by atoms with Gasteiger partial charge in [-0.2, -0.15) is 0 Å². The molecule has 0 radical (unpaired) electrons. The molecule has 0 saturated carbocycles. The molecule has 0 fully saturated rings. The number of carbonyl (C=O) groups excluding carboxylic acids is 1. The van der Waals surface area contributed by atoms with Crippen molar-refractivity contribution < 1.29 is 9.53 Å². The number of aryl methyl sites for hydroxylation is 1. The van der Waals surface area contributed by atoms with Crippen LogP contribution in [0.1, 0.15) is 43.0 Å². The van der Waals surface area contributed by atoms with Crippen LogP contribution in [-0.4, -0.2) is 11.0 Å². The second-order valence-corrected chi connectivity index (χ2v) is 8.07. The number of halogens is 1. The highest BCUT2D eigenvalue weighted by molar-refractivity contribution is 9.10. The van der Waals surface area contributed by atoms with E-state index in [1.165, 1.54) is 0 Å². The molecule has 27 heavy (non-hydrogen) atoms. The number of rotatable bonds is 5. The molecule has 0 N–H and O–H groups in total. The Morgan fingerprint density at radius 2 is 1.96 bits per heavy atom. The van der Waals surface area contributed by atoms with Crippen molar-refractivity contribution in [3.63, 3.8) is 0 Å². The summed E-state index contributed by atoms with van der Waals surface area (Å²) in [5, 5.41) is 0. The molecule has 0 bridgehead atoms. The first kappa shape index (κ1) is 19.4. The van der Waals surface area contributed by atoms with E-state index in [9.17, 15) is 4.79 Å². The molecule has 0 spiro atoms. The molecule has 0 saturated heterocycles. The number of amides is 1. The summed E-state index contributed by atoms with van der Waals surface area (Å²) < 4.78 is 7.05. The monoisotopic (exact) mass is 425 g/mol. The van der Waals surface area contributed by atoms with Crippen LogP contribution >= 0.6 is 15.9 Å². The van der Waals surface area contributed by atoms with Crippen molar-refractivity contribution in [1.82, 2.24) is 4.90 Å². The Labute approximate surface area is 169 Å². The van der Waals surface area contributed by atoms with Gasteiger partial charge in [-0.25, -0.2) is 4.79 Å². The van der Waals surface area contributed by atoms with Crippen LogP contribution in [0.4, 0.5) is 4.79 Å². The van der Waals surface area contributed by atoms with Gasteiger partial charge in [0.25, 0.3) is 0 Å². The van der Waals surface area contributed by atoms with Crippen LogP contribution in [0.2, 0.25) is 0 Å². The molecule has 3 nitrogen and oxygen atoms in total. The fourth-order valence-electron chi connectivity index (χ4n) is 3.57. The average molecular weight is 426 g/mol. The van der Waals surface area contributed by atoms with Crippen LogP contribution in [0, 0.1) is 6.92 Å². The van der Waals surface area contributed by atoms with E-state index < -0.39 is 5.60 Å². The topological polar surface area (TPSA) is 29.5 Å². The van der Waals surface area contributed by atoms with Gasteiger partial charge in [0.15, 0.2) is 5.60 Å². The predicted octanol–water partition coefficient (Wildman–Crippen LogP) is 6.65. The van der Waals surface area contributed by atoms with Crippen LogP contribution in [0.25, 0.3) is 0 Å². The van der Waals surface area contributed by atoms with Crippen molar-refractivity contribution in [2.24, 2.45) is 0 Å². The van der Waals surface area contributed by atoms with Crippen molar-refractivity contribution in [2.75, 3.05) is 0 Å². The van der Waals surface area contributed by atoms with E-state index in [-0.39, 0.29) is 12.1 Å². The number of carbonyl (C=O) groups is 1. The molecule has 2 aromatic rings. The first-order valence-electron chi connectivity index (χ1n) is 8.99. The molecule has 3 rings (SSSR count). The van der Waals surface area contributed by atoms with Crippen molar-refractivity contribution in [1.29, 1.82) is 0 Å². The van der Waals surface area contributed by atoms with Crippen molar-refractivity contribution in [3.8, 4) is 0 Å². The molecule has 0 aromatic heterocycles. The zero-order valence-corrected chi connectivity index (χ0v) is 17.5. The van der Waals surface area contributed by atoms with Crippen LogP contribution in [-0.2, 0) is 10.3 Å². The molecule has 140 valence electrons. The summed E-state index contributed by atoms with van der Waals surface area (Å²) in [6.07, 6.45) is 4.04. The van der Waals surface area contributed by atoms with Crippen LogP contribution < -0.4 is 0 Å². The Hall–Kier alpha value is -2.33. The van der Waals surface area contributed by atoms with Gasteiger partial charge in [-0.15, -0.1) is 0 Å². The summed E-state index contributed by atoms with van der Waals surface area (Å²) in [4.78, 5) is 14.6. The maximum absolute atomic E-state index is 13.0. The smallest absolute Gasteiger partial charge is 0.415 e. The number of cyclic esters (lactones) is 1. The highest BCUT2D eigenvalue weighted by Gasteiger charge is 2.40.